The Morgan fingerprint density at radius 2 is 1.28 bits per heavy atom. The van der Waals surface area contributed by atoms with E-state index in [1.165, 1.54) is 38.8 Å². The van der Waals surface area contributed by atoms with Crippen molar-refractivity contribution in [1.82, 2.24) is 14.5 Å². The third kappa shape index (κ3) is 8.43. The summed E-state index contributed by atoms with van der Waals surface area (Å²) >= 11 is 0. The minimum atomic E-state index is 0. The predicted molar refractivity (Wildman–Crippen MR) is 232 cm³/mol. The Bertz CT molecular complexity index is 2640. The van der Waals surface area contributed by atoms with E-state index in [4.69, 9.17) is 4.98 Å². The molecule has 0 radical (unpaired) electrons. The molecular weight excluding hydrogens is 878 g/mol. The molecule has 0 saturated heterocycles. The number of pyridine rings is 1. The Morgan fingerprint density at radius 3 is 1.95 bits per heavy atom. The zero-order valence-corrected chi connectivity index (χ0v) is 35.7. The minimum Gasteiger partial charge on any atom is -0.507 e. The standard InChI is InChI=1S/C52H48N3O.Pt/c1-33(2)41-25-42(34(3)4)27-43(26-41)44-28-45(23-38-16-10-11-17-39(38)24-46-31-53-30-40-18-12-13-19-48(40)46)51(56)49(29-44)50-32-55(47-21-35(5)20-36(6)22-47)52(54-50)37-14-8-7-9-15-37;/h7-14,16-22,25-34,56H,23-24H2,1-6H3;/q-1;. The van der Waals surface area contributed by atoms with Crippen LogP contribution in [0.2, 0.25) is 0 Å². The Hall–Kier alpha value is -5.57. The maximum absolute atomic E-state index is 12.4. The van der Waals surface area contributed by atoms with Crippen LogP contribution in [0.3, 0.4) is 0 Å². The molecule has 0 amide bonds. The number of aryl methyl sites for hydroxylation is 2. The summed E-state index contributed by atoms with van der Waals surface area (Å²) in [5, 5.41) is 14.8. The fraction of sp³-hybridized carbons (Fsp3) is 0.192. The fourth-order valence-electron chi connectivity index (χ4n) is 7.85. The van der Waals surface area contributed by atoms with E-state index in [2.05, 4.69) is 160 Å². The molecule has 4 nitrogen and oxygen atoms in total. The summed E-state index contributed by atoms with van der Waals surface area (Å²) < 4.78 is 2.14. The zero-order valence-electron chi connectivity index (χ0n) is 33.5. The Morgan fingerprint density at radius 1 is 0.649 bits per heavy atom. The van der Waals surface area contributed by atoms with Gasteiger partial charge in [0.25, 0.3) is 0 Å². The molecule has 57 heavy (non-hydrogen) atoms. The first-order valence-electron chi connectivity index (χ1n) is 19.7. The summed E-state index contributed by atoms with van der Waals surface area (Å²) in [6.07, 6.45) is 7.27. The van der Waals surface area contributed by atoms with Gasteiger partial charge in [-0.2, -0.15) is 0 Å². The number of phenolic OH excluding ortho intramolecular Hbond substituents is 1. The van der Waals surface area contributed by atoms with Crippen LogP contribution < -0.4 is 0 Å². The molecule has 0 fully saturated rings. The van der Waals surface area contributed by atoms with Gasteiger partial charge in [0.05, 0.1) is 11.5 Å². The second kappa shape index (κ2) is 16.9. The molecule has 0 spiro atoms. The van der Waals surface area contributed by atoms with Crippen molar-refractivity contribution in [1.29, 1.82) is 0 Å². The van der Waals surface area contributed by atoms with Crippen LogP contribution in [0.25, 0.3) is 50.2 Å². The van der Waals surface area contributed by atoms with Crippen LogP contribution in [0.15, 0.2) is 140 Å². The van der Waals surface area contributed by atoms with Crippen molar-refractivity contribution in [3.63, 3.8) is 0 Å². The van der Waals surface area contributed by atoms with Crippen LogP contribution in [0.4, 0.5) is 0 Å². The van der Waals surface area contributed by atoms with E-state index in [0.29, 0.717) is 29.5 Å². The SMILES string of the molecule is Cc1cc(C)cc(-n2cc(-c3cc(-c4cc(C(C)C)cc(C(C)C)c4)cc(Cc4ccccc4Cc4cncc5ccccc45)c3O)nc2-c2[c-]cccc2)c1.[Pt]. The van der Waals surface area contributed by atoms with Gasteiger partial charge in [0.2, 0.25) is 0 Å². The van der Waals surface area contributed by atoms with E-state index < -0.39 is 0 Å². The maximum Gasteiger partial charge on any atom is 0.128 e. The molecule has 8 aromatic rings. The van der Waals surface area contributed by atoms with Crippen molar-refractivity contribution < 1.29 is 26.2 Å². The van der Waals surface area contributed by atoms with Gasteiger partial charge in [-0.15, -0.1) is 35.9 Å². The molecule has 0 aliphatic carbocycles. The normalized spacial score (nSPS) is 11.4. The second-order valence-corrected chi connectivity index (χ2v) is 15.8. The summed E-state index contributed by atoms with van der Waals surface area (Å²) in [5.41, 5.74) is 14.9. The Kier molecular flexibility index (Phi) is 11.7. The number of hydrogen-bond acceptors (Lipinski definition) is 3. The molecule has 0 aliphatic rings. The molecule has 1 N–H and O–H groups in total. The van der Waals surface area contributed by atoms with E-state index >= 15 is 0 Å². The molecule has 0 unspecified atom stereocenters. The van der Waals surface area contributed by atoms with Gasteiger partial charge in [-0.1, -0.05) is 100 Å². The van der Waals surface area contributed by atoms with Crippen LogP contribution in [0, 0.1) is 19.9 Å². The molecule has 0 saturated carbocycles. The molecule has 0 aliphatic heterocycles. The van der Waals surface area contributed by atoms with Crippen molar-refractivity contribution in [3.05, 3.63) is 190 Å². The summed E-state index contributed by atoms with van der Waals surface area (Å²) in [6.45, 7) is 13.2. The molecule has 0 bridgehead atoms. The summed E-state index contributed by atoms with van der Waals surface area (Å²) in [5.74, 6) is 1.76. The number of nitrogens with zero attached hydrogens (tertiary/aromatic N) is 3. The Labute approximate surface area is 351 Å². The fourth-order valence-corrected chi connectivity index (χ4v) is 7.85. The molecule has 5 heteroatoms. The van der Waals surface area contributed by atoms with Gasteiger partial charge in [-0.3, -0.25) is 9.97 Å². The van der Waals surface area contributed by atoms with Crippen molar-refractivity contribution in [3.8, 4) is 45.2 Å². The van der Waals surface area contributed by atoms with Gasteiger partial charge < -0.3 is 9.67 Å². The number of aromatic hydroxyl groups is 1. The average molecular weight is 926 g/mol. The van der Waals surface area contributed by atoms with Crippen molar-refractivity contribution >= 4 is 10.8 Å². The number of phenols is 1. The van der Waals surface area contributed by atoms with E-state index in [0.717, 1.165) is 51.1 Å². The van der Waals surface area contributed by atoms with Crippen LogP contribution in [-0.2, 0) is 33.9 Å². The number of rotatable bonds is 10. The van der Waals surface area contributed by atoms with Gasteiger partial charge in [-0.05, 0) is 117 Å². The smallest absolute Gasteiger partial charge is 0.128 e. The monoisotopic (exact) mass is 925 g/mol. The first-order valence-corrected chi connectivity index (χ1v) is 19.7. The van der Waals surface area contributed by atoms with Gasteiger partial charge in [-0.25, -0.2) is 0 Å². The third-order valence-corrected chi connectivity index (χ3v) is 10.9. The van der Waals surface area contributed by atoms with E-state index in [9.17, 15) is 5.11 Å². The number of fused-ring (bicyclic) bond motifs is 1. The van der Waals surface area contributed by atoms with E-state index in [-0.39, 0.29) is 26.8 Å². The van der Waals surface area contributed by atoms with Crippen molar-refractivity contribution in [2.75, 3.05) is 0 Å². The van der Waals surface area contributed by atoms with Gasteiger partial charge in [0.1, 0.15) is 5.75 Å². The van der Waals surface area contributed by atoms with Gasteiger partial charge >= 0.3 is 0 Å². The van der Waals surface area contributed by atoms with Crippen LogP contribution >= 0.6 is 0 Å². The number of aromatic nitrogens is 3. The average Bonchev–Trinajstić information content (AvgIpc) is 3.65. The molecular formula is C52H48N3OPt-. The molecule has 6 aromatic carbocycles. The first-order chi connectivity index (χ1) is 27.1. The molecule has 8 rings (SSSR count). The van der Waals surface area contributed by atoms with E-state index in [1.54, 1.807) is 0 Å². The van der Waals surface area contributed by atoms with E-state index in [1.807, 2.05) is 36.7 Å². The van der Waals surface area contributed by atoms with Gasteiger partial charge in [0.15, 0.2) is 0 Å². The summed E-state index contributed by atoms with van der Waals surface area (Å²) in [7, 11) is 0. The zero-order chi connectivity index (χ0) is 38.9. The molecule has 2 heterocycles. The topological polar surface area (TPSA) is 50.9 Å². The number of hydrogen-bond donors (Lipinski definition) is 1. The van der Waals surface area contributed by atoms with Crippen LogP contribution in [-0.4, -0.2) is 19.6 Å². The molecule has 288 valence electrons. The minimum absolute atomic E-state index is 0. The van der Waals surface area contributed by atoms with Crippen LogP contribution in [0.5, 0.6) is 5.75 Å². The largest absolute Gasteiger partial charge is 0.507 e. The predicted octanol–water partition coefficient (Wildman–Crippen LogP) is 13.0. The first kappa shape index (κ1) is 39.7. The Balaban J connectivity index is 0.00000496. The summed E-state index contributed by atoms with van der Waals surface area (Å²) in [6, 6.07) is 46.2. The van der Waals surface area contributed by atoms with Crippen molar-refractivity contribution in [2.24, 2.45) is 0 Å². The third-order valence-electron chi connectivity index (χ3n) is 10.9. The maximum atomic E-state index is 12.4. The van der Waals surface area contributed by atoms with Crippen molar-refractivity contribution in [2.45, 2.75) is 66.2 Å². The number of imidazole rings is 1. The summed E-state index contributed by atoms with van der Waals surface area (Å²) in [4.78, 5) is 9.87. The molecule has 2 aromatic heterocycles. The van der Waals surface area contributed by atoms with Crippen LogP contribution in [0.1, 0.15) is 84.0 Å². The quantitative estimate of drug-likeness (QED) is 0.139. The van der Waals surface area contributed by atoms with Gasteiger partial charge in [0, 0.05) is 62.7 Å². The number of benzene rings is 6. The second-order valence-electron chi connectivity index (χ2n) is 15.8. The molecule has 0 atom stereocenters.